The number of nitrogens with two attached hydrogens (primary N) is 1. The van der Waals surface area contributed by atoms with E-state index in [-0.39, 0.29) is 10.4 Å². The molecule has 1 aromatic carbocycles. The molecule has 20 heavy (non-hydrogen) atoms. The van der Waals surface area contributed by atoms with E-state index in [1.54, 1.807) is 12.3 Å². The number of aromatic nitrogens is 1. The molecule has 0 unspecified atom stereocenters. The molecule has 0 fully saturated rings. The molecule has 4 heteroatoms. The summed E-state index contributed by atoms with van der Waals surface area (Å²) in [5, 5.41) is 0. The van der Waals surface area contributed by atoms with Gasteiger partial charge < -0.3 is 10.5 Å². The number of para-hydroxylation sites is 1. The van der Waals surface area contributed by atoms with Crippen molar-refractivity contribution in [1.82, 2.24) is 4.98 Å². The van der Waals surface area contributed by atoms with Crippen LogP contribution in [0.15, 0.2) is 42.6 Å². The molecule has 2 aromatic rings. The fourth-order valence-corrected chi connectivity index (χ4v) is 2.10. The highest BCUT2D eigenvalue weighted by molar-refractivity contribution is 7.80. The molecule has 0 saturated carbocycles. The van der Waals surface area contributed by atoms with E-state index in [9.17, 15) is 0 Å². The van der Waals surface area contributed by atoms with Gasteiger partial charge in [-0.25, -0.2) is 4.98 Å². The van der Waals surface area contributed by atoms with Crippen LogP contribution in [0.25, 0.3) is 0 Å². The molecule has 0 aliphatic carbocycles. The lowest BCUT2D eigenvalue weighted by atomic mass is 9.86. The summed E-state index contributed by atoms with van der Waals surface area (Å²) < 4.78 is 6.00. The summed E-state index contributed by atoms with van der Waals surface area (Å²) in [4.78, 5) is 4.41. The van der Waals surface area contributed by atoms with Gasteiger partial charge in [-0.2, -0.15) is 0 Å². The molecular formula is C16H18N2OS. The summed E-state index contributed by atoms with van der Waals surface area (Å²) in [7, 11) is 0. The number of hydrogen-bond donors (Lipinski definition) is 1. The minimum atomic E-state index is -0.0117. The van der Waals surface area contributed by atoms with Crippen molar-refractivity contribution in [2.45, 2.75) is 26.2 Å². The molecule has 2 N–H and O–H groups in total. The first-order valence-electron chi connectivity index (χ1n) is 6.42. The highest BCUT2D eigenvalue weighted by Gasteiger charge is 2.19. The molecule has 3 nitrogen and oxygen atoms in total. The van der Waals surface area contributed by atoms with Gasteiger partial charge in [-0.05, 0) is 23.6 Å². The second-order valence-electron chi connectivity index (χ2n) is 5.56. The monoisotopic (exact) mass is 286 g/mol. The zero-order valence-electron chi connectivity index (χ0n) is 11.9. The lowest BCUT2D eigenvalue weighted by Crippen LogP contribution is -2.15. The Bertz CT molecular complexity index is 632. The predicted molar refractivity (Wildman–Crippen MR) is 85.3 cm³/mol. The first-order valence-corrected chi connectivity index (χ1v) is 6.82. The van der Waals surface area contributed by atoms with E-state index in [2.05, 4.69) is 31.8 Å². The third-order valence-corrected chi connectivity index (χ3v) is 3.11. The van der Waals surface area contributed by atoms with E-state index in [0.29, 0.717) is 11.4 Å². The van der Waals surface area contributed by atoms with E-state index >= 15 is 0 Å². The quantitative estimate of drug-likeness (QED) is 0.872. The van der Waals surface area contributed by atoms with Crippen molar-refractivity contribution in [3.8, 4) is 11.5 Å². The van der Waals surface area contributed by atoms with Gasteiger partial charge in [0.15, 0.2) is 5.75 Å². The van der Waals surface area contributed by atoms with Crippen LogP contribution in [0.2, 0.25) is 0 Å². The second-order valence-corrected chi connectivity index (χ2v) is 6.00. The van der Waals surface area contributed by atoms with Crippen molar-refractivity contribution in [1.29, 1.82) is 0 Å². The van der Waals surface area contributed by atoms with Gasteiger partial charge >= 0.3 is 0 Å². The normalized spacial score (nSPS) is 11.2. The maximum absolute atomic E-state index is 6.00. The zero-order chi connectivity index (χ0) is 14.8. The molecular weight excluding hydrogens is 268 g/mol. The molecule has 2 rings (SSSR count). The van der Waals surface area contributed by atoms with Crippen LogP contribution in [0.1, 0.15) is 32.0 Å². The van der Waals surface area contributed by atoms with Crippen molar-refractivity contribution in [2.75, 3.05) is 0 Å². The van der Waals surface area contributed by atoms with Crippen LogP contribution >= 0.6 is 12.2 Å². The number of hydrogen-bond acceptors (Lipinski definition) is 3. The zero-order valence-corrected chi connectivity index (χ0v) is 12.7. The number of rotatable bonds is 3. The maximum Gasteiger partial charge on any atom is 0.156 e. The molecule has 0 saturated heterocycles. The number of benzene rings is 1. The first-order chi connectivity index (χ1) is 9.39. The average Bonchev–Trinajstić information content (AvgIpc) is 2.38. The molecule has 0 aliphatic rings. The summed E-state index contributed by atoms with van der Waals surface area (Å²) >= 11 is 5.01. The van der Waals surface area contributed by atoms with Gasteiger partial charge in [0.05, 0.1) is 0 Å². The smallest absolute Gasteiger partial charge is 0.156 e. The Morgan fingerprint density at radius 2 is 1.75 bits per heavy atom. The molecule has 0 atom stereocenters. The average molecular weight is 286 g/mol. The summed E-state index contributed by atoms with van der Waals surface area (Å²) in [6.07, 6.45) is 1.65. The van der Waals surface area contributed by atoms with Crippen molar-refractivity contribution in [3.05, 3.63) is 53.9 Å². The highest BCUT2D eigenvalue weighted by Crippen LogP contribution is 2.34. The molecule has 1 aromatic heterocycles. The Morgan fingerprint density at radius 3 is 2.40 bits per heavy atom. The minimum absolute atomic E-state index is 0.0117. The van der Waals surface area contributed by atoms with Crippen LogP contribution in [0.4, 0.5) is 0 Å². The predicted octanol–water partition coefficient (Wildman–Crippen LogP) is 3.81. The Kier molecular flexibility index (Phi) is 4.04. The molecule has 0 bridgehead atoms. The van der Waals surface area contributed by atoms with Gasteiger partial charge in [0.2, 0.25) is 0 Å². The topological polar surface area (TPSA) is 48.1 Å². The third-order valence-electron chi connectivity index (χ3n) is 2.92. The van der Waals surface area contributed by atoms with Crippen LogP contribution in [-0.4, -0.2) is 9.97 Å². The van der Waals surface area contributed by atoms with Crippen molar-refractivity contribution < 1.29 is 4.74 Å². The van der Waals surface area contributed by atoms with Crippen LogP contribution in [0, 0.1) is 0 Å². The summed E-state index contributed by atoms with van der Waals surface area (Å²) in [5.74, 6) is 1.38. The van der Waals surface area contributed by atoms with Crippen LogP contribution in [0.3, 0.4) is 0 Å². The first kappa shape index (κ1) is 14.5. The van der Waals surface area contributed by atoms with E-state index in [4.69, 9.17) is 22.7 Å². The van der Waals surface area contributed by atoms with E-state index in [1.807, 2.05) is 24.3 Å². The highest BCUT2D eigenvalue weighted by atomic mass is 32.1. The largest absolute Gasteiger partial charge is 0.455 e. The second kappa shape index (κ2) is 5.59. The van der Waals surface area contributed by atoms with Crippen LogP contribution in [-0.2, 0) is 5.41 Å². The molecule has 0 radical (unpaired) electrons. The Hall–Kier alpha value is -1.94. The fraction of sp³-hybridized carbons (Fsp3) is 0.250. The van der Waals surface area contributed by atoms with E-state index in [0.717, 1.165) is 11.3 Å². The van der Waals surface area contributed by atoms with Crippen molar-refractivity contribution in [3.63, 3.8) is 0 Å². The van der Waals surface area contributed by atoms with Gasteiger partial charge in [-0.15, -0.1) is 0 Å². The standard InChI is InChI=1S/C16H18N2OS/c1-16(2,3)11-7-4-5-8-12(11)19-13-9-6-10-18-14(13)15(17)20/h4-10H,1-3H3,(H2,17,20). The van der Waals surface area contributed by atoms with Crippen LogP contribution < -0.4 is 10.5 Å². The summed E-state index contributed by atoms with van der Waals surface area (Å²) in [6.45, 7) is 6.44. The maximum atomic E-state index is 6.00. The van der Waals surface area contributed by atoms with Gasteiger partial charge in [0.25, 0.3) is 0 Å². The molecule has 104 valence electrons. The summed E-state index contributed by atoms with van der Waals surface area (Å²) in [6, 6.07) is 11.6. The SMILES string of the molecule is CC(C)(C)c1ccccc1Oc1cccnc1C(N)=S. The van der Waals surface area contributed by atoms with Gasteiger partial charge in [0.1, 0.15) is 16.4 Å². The molecule has 1 heterocycles. The Labute approximate surface area is 124 Å². The van der Waals surface area contributed by atoms with Gasteiger partial charge in [0, 0.05) is 11.8 Å². The van der Waals surface area contributed by atoms with E-state index in [1.165, 1.54) is 0 Å². The van der Waals surface area contributed by atoms with Crippen molar-refractivity contribution >= 4 is 17.2 Å². The lowest BCUT2D eigenvalue weighted by Gasteiger charge is -2.22. The molecule has 0 amide bonds. The number of ether oxygens (including phenoxy) is 1. The number of thiocarbonyl (C=S) groups is 1. The lowest BCUT2D eigenvalue weighted by molar-refractivity contribution is 0.453. The fourth-order valence-electron chi connectivity index (χ4n) is 1.95. The third kappa shape index (κ3) is 3.14. The van der Waals surface area contributed by atoms with Crippen molar-refractivity contribution in [2.24, 2.45) is 5.73 Å². The minimum Gasteiger partial charge on any atom is -0.455 e. The van der Waals surface area contributed by atoms with E-state index < -0.39 is 0 Å². The molecule has 0 spiro atoms. The van der Waals surface area contributed by atoms with Gasteiger partial charge in [-0.3, -0.25) is 0 Å². The van der Waals surface area contributed by atoms with Crippen LogP contribution in [0.5, 0.6) is 11.5 Å². The summed E-state index contributed by atoms with van der Waals surface area (Å²) in [5.41, 5.74) is 7.30. The van der Waals surface area contributed by atoms with Gasteiger partial charge in [-0.1, -0.05) is 51.2 Å². The molecule has 0 aliphatic heterocycles. The number of pyridine rings is 1. The number of nitrogens with zero attached hydrogens (tertiary/aromatic N) is 1. The Balaban J connectivity index is 2.44. The Morgan fingerprint density at radius 1 is 1.10 bits per heavy atom.